The minimum Gasteiger partial charge on any atom is -0.450 e. The molecule has 0 unspecified atom stereocenters. The zero-order valence-electron chi connectivity index (χ0n) is 15.4. The summed E-state index contributed by atoms with van der Waals surface area (Å²) >= 11 is 12.1. The van der Waals surface area contributed by atoms with Crippen molar-refractivity contribution in [3.05, 3.63) is 79.6 Å². The lowest BCUT2D eigenvalue weighted by Gasteiger charge is -2.26. The third-order valence-electron chi connectivity index (χ3n) is 4.90. The minimum atomic E-state index is -0.528. The lowest BCUT2D eigenvalue weighted by atomic mass is 9.98. The highest BCUT2D eigenvalue weighted by Crippen LogP contribution is 2.38. The first kappa shape index (κ1) is 19.0. The molecule has 0 radical (unpaired) electrons. The van der Waals surface area contributed by atoms with Gasteiger partial charge in [-0.05, 0) is 50.0 Å². The highest BCUT2D eigenvalue weighted by atomic mass is 35.5. The molecular weight excluding hydrogens is 399 g/mol. The highest BCUT2D eigenvalue weighted by molar-refractivity contribution is 6.31. The summed E-state index contributed by atoms with van der Waals surface area (Å²) in [4.78, 5) is 30.1. The molecule has 1 amide bonds. The van der Waals surface area contributed by atoms with Crippen LogP contribution in [-0.4, -0.2) is 42.9 Å². The predicted octanol–water partition coefficient (Wildman–Crippen LogP) is 4.21. The van der Waals surface area contributed by atoms with Gasteiger partial charge in [-0.3, -0.25) is 9.59 Å². The molecule has 0 N–H and O–H groups in total. The third kappa shape index (κ3) is 3.20. The quantitative estimate of drug-likeness (QED) is 0.639. The molecule has 1 aromatic heterocycles. The zero-order chi connectivity index (χ0) is 20.0. The van der Waals surface area contributed by atoms with Gasteiger partial charge in [-0.2, -0.15) is 0 Å². The first-order chi connectivity index (χ1) is 13.4. The molecule has 1 aliphatic heterocycles. The van der Waals surface area contributed by atoms with Crippen LogP contribution in [0, 0.1) is 0 Å². The van der Waals surface area contributed by atoms with Gasteiger partial charge in [0.25, 0.3) is 5.91 Å². The molecule has 7 heteroatoms. The first-order valence-corrected chi connectivity index (χ1v) is 9.60. The Hall–Kier alpha value is -2.34. The second kappa shape index (κ2) is 7.24. The number of amides is 1. The van der Waals surface area contributed by atoms with E-state index < -0.39 is 6.04 Å². The van der Waals surface area contributed by atoms with E-state index in [1.807, 2.05) is 31.1 Å². The Balaban J connectivity index is 1.94. The topological polar surface area (TPSA) is 53.8 Å². The van der Waals surface area contributed by atoms with E-state index in [9.17, 15) is 9.59 Å². The van der Waals surface area contributed by atoms with Crippen LogP contribution in [0.1, 0.15) is 27.7 Å². The van der Waals surface area contributed by atoms with Gasteiger partial charge in [-0.1, -0.05) is 35.3 Å². The van der Waals surface area contributed by atoms with Crippen molar-refractivity contribution in [2.75, 3.05) is 27.2 Å². The van der Waals surface area contributed by atoms with Gasteiger partial charge in [0, 0.05) is 23.1 Å². The molecular formula is C21H18Cl2N2O3. The summed E-state index contributed by atoms with van der Waals surface area (Å²) in [5, 5.41) is 1.40. The van der Waals surface area contributed by atoms with Crippen molar-refractivity contribution in [3.63, 3.8) is 0 Å². The number of carbonyl (C=O) groups is 1. The molecule has 0 saturated heterocycles. The fraction of sp³-hybridized carbons (Fsp3) is 0.238. The van der Waals surface area contributed by atoms with E-state index in [4.69, 9.17) is 27.6 Å². The van der Waals surface area contributed by atoms with E-state index in [-0.39, 0.29) is 17.1 Å². The van der Waals surface area contributed by atoms with Crippen molar-refractivity contribution in [2.45, 2.75) is 6.04 Å². The molecule has 2 aromatic carbocycles. The number of nitrogens with zero attached hydrogens (tertiary/aromatic N) is 2. The maximum Gasteiger partial charge on any atom is 0.290 e. The largest absolute Gasteiger partial charge is 0.450 e. The Morgan fingerprint density at radius 2 is 1.71 bits per heavy atom. The zero-order valence-corrected chi connectivity index (χ0v) is 16.9. The Labute approximate surface area is 172 Å². The highest BCUT2D eigenvalue weighted by Gasteiger charge is 2.42. The fourth-order valence-electron chi connectivity index (χ4n) is 3.52. The maximum absolute atomic E-state index is 13.3. The lowest BCUT2D eigenvalue weighted by molar-refractivity contribution is 0.0716. The number of fused-ring (bicyclic) bond motifs is 2. The molecule has 144 valence electrons. The molecule has 28 heavy (non-hydrogen) atoms. The fourth-order valence-corrected chi connectivity index (χ4v) is 3.82. The van der Waals surface area contributed by atoms with Crippen molar-refractivity contribution in [1.82, 2.24) is 9.80 Å². The Morgan fingerprint density at radius 3 is 2.39 bits per heavy atom. The van der Waals surface area contributed by atoms with Crippen LogP contribution in [0.4, 0.5) is 0 Å². The lowest BCUT2D eigenvalue weighted by Crippen LogP contribution is -2.35. The summed E-state index contributed by atoms with van der Waals surface area (Å²) in [5.74, 6) is -0.190. The summed E-state index contributed by atoms with van der Waals surface area (Å²) in [5.41, 5.74) is 1.27. The molecule has 0 spiro atoms. The second-order valence-corrected chi connectivity index (χ2v) is 7.94. The van der Waals surface area contributed by atoms with Gasteiger partial charge in [0.1, 0.15) is 5.58 Å². The van der Waals surface area contributed by atoms with Crippen LogP contribution in [0.25, 0.3) is 11.0 Å². The average molecular weight is 417 g/mol. The number of hydrogen-bond acceptors (Lipinski definition) is 4. The molecule has 0 bridgehead atoms. The van der Waals surface area contributed by atoms with Gasteiger partial charge in [0.05, 0.1) is 17.0 Å². The van der Waals surface area contributed by atoms with Crippen molar-refractivity contribution in [3.8, 4) is 0 Å². The van der Waals surface area contributed by atoms with E-state index in [1.165, 1.54) is 0 Å². The van der Waals surface area contributed by atoms with Crippen molar-refractivity contribution < 1.29 is 9.21 Å². The first-order valence-electron chi connectivity index (χ1n) is 8.84. The summed E-state index contributed by atoms with van der Waals surface area (Å²) in [6.07, 6.45) is 0. The Kier molecular flexibility index (Phi) is 4.91. The summed E-state index contributed by atoms with van der Waals surface area (Å²) < 4.78 is 5.88. The smallest absolute Gasteiger partial charge is 0.290 e. The van der Waals surface area contributed by atoms with Crippen LogP contribution >= 0.6 is 23.2 Å². The van der Waals surface area contributed by atoms with Gasteiger partial charge in [-0.25, -0.2) is 0 Å². The second-order valence-electron chi connectivity index (χ2n) is 7.07. The molecule has 5 nitrogen and oxygen atoms in total. The SMILES string of the molecule is CN(C)CCN1C(=O)c2oc3ccc(Cl)cc3c(=O)c2[C@H]1c1ccc(Cl)cc1. The molecule has 0 aliphatic carbocycles. The normalized spacial score (nSPS) is 16.2. The Morgan fingerprint density at radius 1 is 1.04 bits per heavy atom. The molecule has 1 atom stereocenters. The van der Waals surface area contributed by atoms with Crippen LogP contribution in [0.15, 0.2) is 51.7 Å². The number of benzene rings is 2. The van der Waals surface area contributed by atoms with E-state index in [2.05, 4.69) is 0 Å². The number of likely N-dealkylation sites (N-methyl/N-ethyl adjacent to an activating group) is 1. The van der Waals surface area contributed by atoms with Gasteiger partial charge >= 0.3 is 0 Å². The van der Waals surface area contributed by atoms with E-state index in [0.717, 1.165) is 5.56 Å². The van der Waals surface area contributed by atoms with Gasteiger partial charge in [0.15, 0.2) is 5.43 Å². The van der Waals surface area contributed by atoms with Crippen LogP contribution < -0.4 is 5.43 Å². The van der Waals surface area contributed by atoms with Gasteiger partial charge in [-0.15, -0.1) is 0 Å². The van der Waals surface area contributed by atoms with Crippen molar-refractivity contribution in [2.24, 2.45) is 0 Å². The van der Waals surface area contributed by atoms with E-state index >= 15 is 0 Å². The average Bonchev–Trinajstić information content (AvgIpc) is 2.94. The Bertz CT molecular complexity index is 1120. The molecule has 1 aliphatic rings. The van der Waals surface area contributed by atoms with Crippen LogP contribution in [-0.2, 0) is 0 Å². The van der Waals surface area contributed by atoms with Crippen LogP contribution in [0.5, 0.6) is 0 Å². The van der Waals surface area contributed by atoms with Gasteiger partial charge < -0.3 is 14.2 Å². The van der Waals surface area contributed by atoms with Crippen LogP contribution in [0.2, 0.25) is 10.0 Å². The van der Waals surface area contributed by atoms with Gasteiger partial charge in [0.2, 0.25) is 5.76 Å². The number of rotatable bonds is 4. The molecule has 2 heterocycles. The van der Waals surface area contributed by atoms with E-state index in [1.54, 1.807) is 35.2 Å². The monoisotopic (exact) mass is 416 g/mol. The standard InChI is InChI=1S/C21H18Cl2N2O3/c1-24(2)9-10-25-18(12-3-5-13(22)6-4-12)17-19(26)15-11-14(23)7-8-16(15)28-20(17)21(25)27/h3-8,11,18H,9-10H2,1-2H3/t18-/m1/s1. The molecule has 0 saturated carbocycles. The molecule has 4 rings (SSSR count). The summed E-state index contributed by atoms with van der Waals surface area (Å²) in [6.45, 7) is 1.11. The van der Waals surface area contributed by atoms with Crippen molar-refractivity contribution >= 4 is 40.1 Å². The number of halogens is 2. The maximum atomic E-state index is 13.3. The summed E-state index contributed by atoms with van der Waals surface area (Å²) in [7, 11) is 3.87. The third-order valence-corrected chi connectivity index (χ3v) is 5.39. The summed E-state index contributed by atoms with van der Waals surface area (Å²) in [6, 6.07) is 11.5. The molecule has 3 aromatic rings. The number of carbonyl (C=O) groups excluding carboxylic acids is 1. The van der Waals surface area contributed by atoms with E-state index in [0.29, 0.717) is 39.7 Å². The molecule has 0 fully saturated rings. The minimum absolute atomic E-state index is 0.0959. The van der Waals surface area contributed by atoms with Crippen molar-refractivity contribution in [1.29, 1.82) is 0 Å². The number of hydrogen-bond donors (Lipinski definition) is 0. The van der Waals surface area contributed by atoms with Crippen LogP contribution in [0.3, 0.4) is 0 Å². The predicted molar refractivity (Wildman–Crippen MR) is 110 cm³/mol.